The van der Waals surface area contributed by atoms with Gasteiger partial charge in [-0.3, -0.25) is 9.59 Å². The first kappa shape index (κ1) is 22.9. The highest BCUT2D eigenvalue weighted by atomic mass is 19.3. The Morgan fingerprint density at radius 3 is 2.31 bits per heavy atom. The van der Waals surface area contributed by atoms with Gasteiger partial charge in [-0.25, -0.2) is 4.98 Å². The summed E-state index contributed by atoms with van der Waals surface area (Å²) in [6, 6.07) is 0.276. The fourth-order valence-electron chi connectivity index (χ4n) is 6.69. The highest BCUT2D eigenvalue weighted by Gasteiger charge is 2.50. The van der Waals surface area contributed by atoms with E-state index in [0.717, 1.165) is 32.5 Å². The highest BCUT2D eigenvalue weighted by Crippen LogP contribution is 2.51. The predicted octanol–water partition coefficient (Wildman–Crippen LogP) is 2.27. The SMILES string of the molecule is CC(=O)N1CCN(C(=O)CC2[C@@H]3C[C@H]2CN(c2nc(N4CC[C@@H]4C)nc4c2CCC4(F)F)C3)CC1. The van der Waals surface area contributed by atoms with Crippen molar-refractivity contribution in [1.29, 1.82) is 0 Å². The number of carbonyl (C=O) groups excluding carboxylic acids is 2. The molecule has 5 fully saturated rings. The van der Waals surface area contributed by atoms with Crippen LogP contribution in [0.3, 0.4) is 0 Å². The molecular weight excluding hydrogens is 454 g/mol. The minimum atomic E-state index is -2.89. The lowest BCUT2D eigenvalue weighted by Gasteiger charge is -2.54. The van der Waals surface area contributed by atoms with Crippen molar-refractivity contribution >= 4 is 23.6 Å². The van der Waals surface area contributed by atoms with Crippen molar-refractivity contribution < 1.29 is 18.4 Å². The molecule has 0 aromatic carbocycles. The highest BCUT2D eigenvalue weighted by molar-refractivity contribution is 5.78. The van der Waals surface area contributed by atoms with Crippen LogP contribution in [0.15, 0.2) is 0 Å². The Bertz CT molecular complexity index is 1030. The molecule has 4 saturated heterocycles. The van der Waals surface area contributed by atoms with Crippen molar-refractivity contribution in [2.45, 2.75) is 57.9 Å². The summed E-state index contributed by atoms with van der Waals surface area (Å²) in [7, 11) is 0. The van der Waals surface area contributed by atoms with Gasteiger partial charge < -0.3 is 19.6 Å². The quantitative estimate of drug-likeness (QED) is 0.648. The molecule has 1 saturated carbocycles. The second-order valence-electron chi connectivity index (χ2n) is 11.1. The summed E-state index contributed by atoms with van der Waals surface area (Å²) in [6.07, 6.45) is 2.77. The Morgan fingerprint density at radius 1 is 1.03 bits per heavy atom. The number of amides is 2. The van der Waals surface area contributed by atoms with E-state index in [9.17, 15) is 18.4 Å². The molecule has 2 amide bonds. The fourth-order valence-corrected chi connectivity index (χ4v) is 6.69. The van der Waals surface area contributed by atoms with E-state index >= 15 is 0 Å². The van der Waals surface area contributed by atoms with Gasteiger partial charge in [0.2, 0.25) is 17.8 Å². The van der Waals surface area contributed by atoms with Crippen LogP contribution in [-0.2, 0) is 21.9 Å². The summed E-state index contributed by atoms with van der Waals surface area (Å²) in [6.45, 7) is 8.39. The van der Waals surface area contributed by atoms with Crippen LogP contribution in [-0.4, -0.2) is 83.4 Å². The summed E-state index contributed by atoms with van der Waals surface area (Å²) < 4.78 is 29.4. The maximum atomic E-state index is 14.7. The molecule has 7 rings (SSSR count). The van der Waals surface area contributed by atoms with E-state index in [1.807, 2.05) is 9.80 Å². The minimum absolute atomic E-state index is 0.0615. The zero-order valence-electron chi connectivity index (χ0n) is 20.6. The number of alkyl halides is 2. The maximum Gasteiger partial charge on any atom is 0.290 e. The van der Waals surface area contributed by atoms with Crippen LogP contribution in [0.2, 0.25) is 0 Å². The molecule has 1 aromatic heterocycles. The Balaban J connectivity index is 1.15. The average molecular weight is 489 g/mol. The number of nitrogens with zero attached hydrogens (tertiary/aromatic N) is 6. The zero-order chi connectivity index (χ0) is 24.5. The summed E-state index contributed by atoms with van der Waals surface area (Å²) in [5.41, 5.74) is 0.538. The Hall–Kier alpha value is -2.52. The number of hydrogen-bond acceptors (Lipinski definition) is 6. The lowest BCUT2D eigenvalue weighted by molar-refractivity contribution is -0.141. The molecule has 8 nitrogen and oxygen atoms in total. The molecule has 6 aliphatic rings. The van der Waals surface area contributed by atoms with Gasteiger partial charge in [0.1, 0.15) is 11.5 Å². The first-order chi connectivity index (χ1) is 16.7. The minimum Gasteiger partial charge on any atom is -0.356 e. The largest absolute Gasteiger partial charge is 0.356 e. The van der Waals surface area contributed by atoms with Gasteiger partial charge in [-0.05, 0) is 43.9 Å². The van der Waals surface area contributed by atoms with Crippen LogP contribution in [0.4, 0.5) is 20.5 Å². The molecule has 1 unspecified atom stereocenters. The lowest BCUT2D eigenvalue weighted by atomic mass is 9.60. The fraction of sp³-hybridized carbons (Fsp3) is 0.760. The summed E-state index contributed by atoms with van der Waals surface area (Å²) in [4.78, 5) is 41.6. The van der Waals surface area contributed by atoms with Crippen molar-refractivity contribution in [3.63, 3.8) is 0 Å². The second kappa shape index (κ2) is 8.27. The van der Waals surface area contributed by atoms with E-state index in [0.29, 0.717) is 74.1 Å². The molecule has 35 heavy (non-hydrogen) atoms. The molecule has 0 spiro atoms. The molecule has 190 valence electrons. The summed E-state index contributed by atoms with van der Waals surface area (Å²) in [5, 5.41) is 0. The number of halogens is 2. The van der Waals surface area contributed by atoms with Gasteiger partial charge in [0.25, 0.3) is 5.92 Å². The number of carbonyl (C=O) groups is 2. The molecule has 2 bridgehead atoms. The molecule has 4 atom stereocenters. The van der Waals surface area contributed by atoms with Gasteiger partial charge in [-0.2, -0.15) is 13.8 Å². The average Bonchev–Trinajstić information content (AvgIpc) is 3.15. The van der Waals surface area contributed by atoms with Crippen LogP contribution >= 0.6 is 0 Å². The van der Waals surface area contributed by atoms with Crippen LogP contribution in [0.1, 0.15) is 50.8 Å². The van der Waals surface area contributed by atoms with Crippen LogP contribution in [0, 0.1) is 17.8 Å². The Kier molecular flexibility index (Phi) is 5.41. The number of piperidine rings is 2. The lowest BCUT2D eigenvalue weighted by Crippen LogP contribution is -2.57. The van der Waals surface area contributed by atoms with E-state index in [-0.39, 0.29) is 30.0 Å². The standard InChI is InChI=1S/C25H34F2N6O2/c1-15-4-6-33(15)24-28-22-19(3-5-25(22,26)27)23(29-24)32-13-17-11-18(14-32)20(17)12-21(35)31-9-7-30(8-10-31)16(2)34/h15,17-18,20H,3-14H2,1-2H3/t15-,17-,18+,20?/m0/s1. The Morgan fingerprint density at radius 2 is 1.71 bits per heavy atom. The smallest absolute Gasteiger partial charge is 0.290 e. The predicted molar refractivity (Wildman–Crippen MR) is 126 cm³/mol. The van der Waals surface area contributed by atoms with Crippen molar-refractivity contribution in [2.75, 3.05) is 55.6 Å². The number of piperazine rings is 1. The van der Waals surface area contributed by atoms with E-state index in [2.05, 4.69) is 16.8 Å². The van der Waals surface area contributed by atoms with Crippen LogP contribution < -0.4 is 9.80 Å². The maximum absolute atomic E-state index is 14.7. The van der Waals surface area contributed by atoms with E-state index < -0.39 is 5.92 Å². The third-order valence-electron chi connectivity index (χ3n) is 9.10. The zero-order valence-corrected chi connectivity index (χ0v) is 20.6. The molecule has 1 aromatic rings. The van der Waals surface area contributed by atoms with Gasteiger partial charge in [0.05, 0.1) is 0 Å². The normalized spacial score (nSPS) is 31.1. The van der Waals surface area contributed by atoms with Crippen molar-refractivity contribution in [2.24, 2.45) is 17.8 Å². The monoisotopic (exact) mass is 488 g/mol. The number of rotatable bonds is 4. The molecule has 10 heteroatoms. The van der Waals surface area contributed by atoms with Gasteiger partial charge in [0, 0.05) is 77.2 Å². The van der Waals surface area contributed by atoms with Gasteiger partial charge in [-0.1, -0.05) is 0 Å². The topological polar surface area (TPSA) is 72.9 Å². The van der Waals surface area contributed by atoms with Crippen molar-refractivity contribution in [3.8, 4) is 0 Å². The second-order valence-corrected chi connectivity index (χ2v) is 11.1. The molecule has 0 radical (unpaired) electrons. The number of fused-ring (bicyclic) bond motifs is 3. The first-order valence-corrected chi connectivity index (χ1v) is 13.1. The number of anilines is 2. The molecular formula is C25H34F2N6O2. The van der Waals surface area contributed by atoms with E-state index in [4.69, 9.17) is 4.98 Å². The molecule has 0 N–H and O–H groups in total. The van der Waals surface area contributed by atoms with Gasteiger partial charge in [0.15, 0.2) is 0 Å². The van der Waals surface area contributed by atoms with Crippen molar-refractivity contribution in [3.05, 3.63) is 11.3 Å². The Labute approximate surface area is 204 Å². The van der Waals surface area contributed by atoms with Crippen LogP contribution in [0.25, 0.3) is 0 Å². The van der Waals surface area contributed by atoms with E-state index in [1.54, 1.807) is 11.8 Å². The van der Waals surface area contributed by atoms with Gasteiger partial charge in [-0.15, -0.1) is 0 Å². The van der Waals surface area contributed by atoms with E-state index in [1.165, 1.54) is 0 Å². The number of aromatic nitrogens is 2. The molecule has 2 aliphatic carbocycles. The molecule has 4 aliphatic heterocycles. The molecule has 5 heterocycles. The summed E-state index contributed by atoms with van der Waals surface area (Å²) in [5.74, 6) is -0.406. The third kappa shape index (κ3) is 3.83. The van der Waals surface area contributed by atoms with Gasteiger partial charge >= 0.3 is 0 Å². The number of hydrogen-bond donors (Lipinski definition) is 0. The first-order valence-electron chi connectivity index (χ1n) is 13.1. The summed E-state index contributed by atoms with van der Waals surface area (Å²) >= 11 is 0. The van der Waals surface area contributed by atoms with Crippen molar-refractivity contribution in [1.82, 2.24) is 19.8 Å². The van der Waals surface area contributed by atoms with Crippen LogP contribution in [0.5, 0.6) is 0 Å². The third-order valence-corrected chi connectivity index (χ3v) is 9.10.